The third-order valence-electron chi connectivity index (χ3n) is 2.06. The van der Waals surface area contributed by atoms with E-state index < -0.39 is 5.82 Å². The fraction of sp³-hybridized carbons (Fsp3) is 0.100. The van der Waals surface area contributed by atoms with Crippen molar-refractivity contribution in [3.05, 3.63) is 46.9 Å². The lowest BCUT2D eigenvalue weighted by Gasteiger charge is -2.05. The molecule has 0 bridgehead atoms. The quantitative estimate of drug-likeness (QED) is 0.808. The van der Waals surface area contributed by atoms with Gasteiger partial charge in [-0.15, -0.1) is 0 Å². The Bertz CT molecular complexity index is 530. The molecule has 0 aliphatic heterocycles. The normalized spacial score (nSPS) is 10.3. The lowest BCUT2D eigenvalue weighted by Crippen LogP contribution is -2.15. The van der Waals surface area contributed by atoms with Crippen LogP contribution in [0.4, 0.5) is 4.39 Å². The summed E-state index contributed by atoms with van der Waals surface area (Å²) in [6.45, 7) is 0. The van der Waals surface area contributed by atoms with Gasteiger partial charge in [0.2, 0.25) is 0 Å². The van der Waals surface area contributed by atoms with Crippen LogP contribution in [0, 0.1) is 5.82 Å². The van der Waals surface area contributed by atoms with Gasteiger partial charge < -0.3 is 9.72 Å². The van der Waals surface area contributed by atoms with Gasteiger partial charge in [0.1, 0.15) is 11.6 Å². The molecule has 0 aliphatic carbocycles. The second kappa shape index (κ2) is 3.61. The van der Waals surface area contributed by atoms with Crippen LogP contribution in [0.5, 0.6) is 5.75 Å². The second-order valence-electron chi connectivity index (χ2n) is 2.95. The number of halogens is 1. The van der Waals surface area contributed by atoms with Gasteiger partial charge in [-0.2, -0.15) is 0 Å². The molecule has 1 heterocycles. The van der Waals surface area contributed by atoms with Gasteiger partial charge in [-0.05, 0) is 12.1 Å². The topological polar surface area (TPSA) is 47.0 Å². The summed E-state index contributed by atoms with van der Waals surface area (Å²) in [7, 11) is 1.48. The first-order valence-corrected chi connectivity index (χ1v) is 4.32. The zero-order valence-corrected chi connectivity index (χ0v) is 8.03. The molecule has 0 spiro atoms. The Kier molecular flexibility index (Phi) is 2.29. The number of benzene rings is 1. The number of imidazole rings is 1. The number of aromatic amines is 1. The molecule has 0 amide bonds. The van der Waals surface area contributed by atoms with E-state index in [1.165, 1.54) is 42.3 Å². The maximum absolute atomic E-state index is 13.4. The van der Waals surface area contributed by atoms with Crippen LogP contribution in [0.3, 0.4) is 0 Å². The number of hydrogen-bond acceptors (Lipinski definition) is 2. The maximum Gasteiger partial charge on any atom is 0.330 e. The van der Waals surface area contributed by atoms with Crippen LogP contribution in [0.2, 0.25) is 0 Å². The molecule has 0 unspecified atom stereocenters. The number of aromatic nitrogens is 2. The van der Waals surface area contributed by atoms with Crippen molar-refractivity contribution in [3.8, 4) is 11.4 Å². The van der Waals surface area contributed by atoms with E-state index in [1.807, 2.05) is 0 Å². The molecule has 0 atom stereocenters. The van der Waals surface area contributed by atoms with Gasteiger partial charge in [0.05, 0.1) is 12.8 Å². The van der Waals surface area contributed by atoms with Gasteiger partial charge in [-0.3, -0.25) is 4.57 Å². The minimum atomic E-state index is -0.475. The molecule has 0 saturated heterocycles. The summed E-state index contributed by atoms with van der Waals surface area (Å²) in [5.74, 6) is 0.0250. The van der Waals surface area contributed by atoms with E-state index in [9.17, 15) is 9.18 Å². The SMILES string of the molecule is COc1ccc(F)c(-n2cc[nH]c2=O)c1. The van der Waals surface area contributed by atoms with Crippen molar-refractivity contribution in [2.75, 3.05) is 7.11 Å². The number of rotatable bonds is 2. The summed E-state index contributed by atoms with van der Waals surface area (Å²) < 4.78 is 19.6. The van der Waals surface area contributed by atoms with Crippen LogP contribution >= 0.6 is 0 Å². The number of H-pyrrole nitrogens is 1. The Labute approximate surface area is 84.9 Å². The highest BCUT2D eigenvalue weighted by atomic mass is 19.1. The molecule has 1 N–H and O–H groups in total. The Balaban J connectivity index is 2.62. The summed E-state index contributed by atoms with van der Waals surface area (Å²) >= 11 is 0. The Morgan fingerprint density at radius 3 is 2.87 bits per heavy atom. The van der Waals surface area contributed by atoms with Gasteiger partial charge >= 0.3 is 5.69 Å². The molecule has 0 fully saturated rings. The van der Waals surface area contributed by atoms with Crippen molar-refractivity contribution in [1.29, 1.82) is 0 Å². The molecule has 1 aromatic heterocycles. The van der Waals surface area contributed by atoms with E-state index in [-0.39, 0.29) is 11.4 Å². The average Bonchev–Trinajstić information content (AvgIpc) is 2.65. The summed E-state index contributed by atoms with van der Waals surface area (Å²) in [6, 6.07) is 4.22. The second-order valence-corrected chi connectivity index (χ2v) is 2.95. The van der Waals surface area contributed by atoms with Crippen molar-refractivity contribution in [2.45, 2.75) is 0 Å². The predicted molar refractivity (Wildman–Crippen MR) is 52.9 cm³/mol. The third kappa shape index (κ3) is 1.63. The van der Waals surface area contributed by atoms with E-state index in [0.717, 1.165) is 0 Å². The zero-order valence-electron chi connectivity index (χ0n) is 8.03. The molecule has 5 heteroatoms. The van der Waals surface area contributed by atoms with Crippen molar-refractivity contribution in [3.63, 3.8) is 0 Å². The molecular formula is C10H9FN2O2. The van der Waals surface area contributed by atoms with Crippen molar-refractivity contribution < 1.29 is 9.13 Å². The summed E-state index contributed by atoms with van der Waals surface area (Å²) in [5, 5.41) is 0. The fourth-order valence-electron chi connectivity index (χ4n) is 1.31. The van der Waals surface area contributed by atoms with Crippen molar-refractivity contribution in [2.24, 2.45) is 0 Å². The molecule has 0 aliphatic rings. The molecule has 0 saturated carbocycles. The number of methoxy groups -OCH3 is 1. The molecule has 78 valence electrons. The van der Waals surface area contributed by atoms with Gasteiger partial charge in [-0.25, -0.2) is 9.18 Å². The minimum absolute atomic E-state index is 0.167. The maximum atomic E-state index is 13.4. The molecule has 2 rings (SSSR count). The first kappa shape index (κ1) is 9.51. The molecule has 2 aromatic rings. The predicted octanol–water partition coefficient (Wildman–Crippen LogP) is 1.31. The summed E-state index contributed by atoms with van der Waals surface area (Å²) in [6.07, 6.45) is 2.90. The summed E-state index contributed by atoms with van der Waals surface area (Å²) in [4.78, 5) is 13.7. The lowest BCUT2D eigenvalue weighted by molar-refractivity contribution is 0.413. The van der Waals surface area contributed by atoms with Crippen LogP contribution in [-0.4, -0.2) is 16.7 Å². The van der Waals surface area contributed by atoms with Gasteiger partial charge in [0, 0.05) is 18.5 Å². The molecule has 1 aromatic carbocycles. The van der Waals surface area contributed by atoms with Crippen molar-refractivity contribution >= 4 is 0 Å². The average molecular weight is 208 g/mol. The molecular weight excluding hydrogens is 199 g/mol. The Hall–Kier alpha value is -2.04. The number of nitrogens with one attached hydrogen (secondary N) is 1. The lowest BCUT2D eigenvalue weighted by atomic mass is 10.3. The highest BCUT2D eigenvalue weighted by Crippen LogP contribution is 2.18. The van der Waals surface area contributed by atoms with Gasteiger partial charge in [0.25, 0.3) is 0 Å². The van der Waals surface area contributed by atoms with Gasteiger partial charge in [0.15, 0.2) is 0 Å². The number of nitrogens with zero attached hydrogens (tertiary/aromatic N) is 1. The highest BCUT2D eigenvalue weighted by molar-refractivity contribution is 5.40. The standard InChI is InChI=1S/C10H9FN2O2/c1-15-7-2-3-8(11)9(6-7)13-5-4-12-10(13)14/h2-6H,1H3,(H,12,14). The van der Waals surface area contributed by atoms with Crippen LogP contribution < -0.4 is 10.4 Å². The first-order valence-electron chi connectivity index (χ1n) is 4.32. The highest BCUT2D eigenvalue weighted by Gasteiger charge is 2.07. The van der Waals surface area contributed by atoms with E-state index in [4.69, 9.17) is 4.74 Å². The van der Waals surface area contributed by atoms with E-state index in [1.54, 1.807) is 0 Å². The third-order valence-corrected chi connectivity index (χ3v) is 2.06. The van der Waals surface area contributed by atoms with E-state index >= 15 is 0 Å². The van der Waals surface area contributed by atoms with E-state index in [0.29, 0.717) is 5.75 Å². The smallest absolute Gasteiger partial charge is 0.330 e. The van der Waals surface area contributed by atoms with Crippen molar-refractivity contribution in [1.82, 2.24) is 9.55 Å². The Morgan fingerprint density at radius 1 is 1.47 bits per heavy atom. The molecule has 4 nitrogen and oxygen atoms in total. The number of ether oxygens (including phenoxy) is 1. The van der Waals surface area contributed by atoms with Crippen LogP contribution in [0.15, 0.2) is 35.4 Å². The molecule has 0 radical (unpaired) electrons. The minimum Gasteiger partial charge on any atom is -0.497 e. The Morgan fingerprint density at radius 2 is 2.27 bits per heavy atom. The van der Waals surface area contributed by atoms with Crippen LogP contribution in [0.25, 0.3) is 5.69 Å². The monoisotopic (exact) mass is 208 g/mol. The van der Waals surface area contributed by atoms with Gasteiger partial charge in [-0.1, -0.05) is 0 Å². The van der Waals surface area contributed by atoms with Crippen LogP contribution in [-0.2, 0) is 0 Å². The fourth-order valence-corrected chi connectivity index (χ4v) is 1.31. The van der Waals surface area contributed by atoms with E-state index in [2.05, 4.69) is 4.98 Å². The molecule has 15 heavy (non-hydrogen) atoms. The first-order chi connectivity index (χ1) is 7.22. The zero-order chi connectivity index (χ0) is 10.8. The van der Waals surface area contributed by atoms with Crippen LogP contribution in [0.1, 0.15) is 0 Å². The number of hydrogen-bond donors (Lipinski definition) is 1. The summed E-state index contributed by atoms with van der Waals surface area (Å²) in [5.41, 5.74) is -0.220. The largest absolute Gasteiger partial charge is 0.497 e.